The fraction of sp³-hybridized carbons (Fsp3) is 0.235. The highest BCUT2D eigenvalue weighted by atomic mass is 35.5. The van der Waals surface area contributed by atoms with E-state index in [4.69, 9.17) is 16.0 Å². The molecule has 0 radical (unpaired) electrons. The lowest BCUT2D eigenvalue weighted by molar-refractivity contribution is -0.115. The maximum atomic E-state index is 12.0. The van der Waals surface area contributed by atoms with E-state index >= 15 is 0 Å². The van der Waals surface area contributed by atoms with E-state index in [2.05, 4.69) is 15.5 Å². The second-order valence-electron chi connectivity index (χ2n) is 5.41. The highest BCUT2D eigenvalue weighted by Crippen LogP contribution is 2.26. The number of benzene rings is 1. The monoisotopic (exact) mass is 376 g/mol. The number of carbonyl (C=O) groups excluding carboxylic acids is 1. The van der Waals surface area contributed by atoms with Crippen molar-refractivity contribution < 1.29 is 9.21 Å². The van der Waals surface area contributed by atoms with Crippen LogP contribution in [-0.4, -0.2) is 26.4 Å². The van der Waals surface area contributed by atoms with Crippen LogP contribution in [0.2, 0.25) is 5.02 Å². The van der Waals surface area contributed by atoms with Gasteiger partial charge in [-0.25, -0.2) is 0 Å². The van der Waals surface area contributed by atoms with Gasteiger partial charge in [-0.1, -0.05) is 29.4 Å². The average Bonchev–Trinajstić information content (AvgIpc) is 3.13. The summed E-state index contributed by atoms with van der Waals surface area (Å²) in [4.78, 5) is 12.0. The van der Waals surface area contributed by atoms with Crippen molar-refractivity contribution in [1.29, 1.82) is 0 Å². The van der Waals surface area contributed by atoms with Gasteiger partial charge in [-0.2, -0.15) is 0 Å². The van der Waals surface area contributed by atoms with Gasteiger partial charge in [0.05, 0.1) is 11.8 Å². The lowest BCUT2D eigenvalue weighted by atomic mass is 10.2. The van der Waals surface area contributed by atoms with Gasteiger partial charge in [0, 0.05) is 29.9 Å². The highest BCUT2D eigenvalue weighted by molar-refractivity contribution is 7.99. The summed E-state index contributed by atoms with van der Waals surface area (Å²) < 4.78 is 7.21. The average molecular weight is 377 g/mol. The summed E-state index contributed by atoms with van der Waals surface area (Å²) in [6, 6.07) is 8.95. The summed E-state index contributed by atoms with van der Waals surface area (Å²) in [5, 5.41) is 12.6. The molecule has 0 aliphatic rings. The quantitative estimate of drug-likeness (QED) is 0.654. The summed E-state index contributed by atoms with van der Waals surface area (Å²) in [5.74, 6) is 2.08. The van der Waals surface area contributed by atoms with E-state index in [0.29, 0.717) is 22.9 Å². The Kier molecular flexibility index (Phi) is 5.45. The number of furan rings is 1. The zero-order valence-corrected chi connectivity index (χ0v) is 15.4. The van der Waals surface area contributed by atoms with Crippen molar-refractivity contribution in [1.82, 2.24) is 14.8 Å². The summed E-state index contributed by atoms with van der Waals surface area (Å²) in [6.45, 7) is 1.89. The van der Waals surface area contributed by atoms with Crippen molar-refractivity contribution in [2.24, 2.45) is 7.05 Å². The molecule has 1 N–H and O–H groups in total. The van der Waals surface area contributed by atoms with Gasteiger partial charge in [0.2, 0.25) is 5.91 Å². The molecule has 0 atom stereocenters. The number of amides is 1. The van der Waals surface area contributed by atoms with Gasteiger partial charge in [0.25, 0.3) is 0 Å². The van der Waals surface area contributed by atoms with E-state index in [1.54, 1.807) is 30.5 Å². The zero-order valence-electron chi connectivity index (χ0n) is 13.8. The first-order valence-corrected chi connectivity index (χ1v) is 9.03. The van der Waals surface area contributed by atoms with Gasteiger partial charge >= 0.3 is 0 Å². The molecule has 2 heterocycles. The number of hydrogen-bond donors (Lipinski definition) is 1. The second-order valence-corrected chi connectivity index (χ2v) is 6.91. The van der Waals surface area contributed by atoms with Crippen LogP contribution in [0, 0.1) is 6.92 Å². The van der Waals surface area contributed by atoms with E-state index in [9.17, 15) is 4.79 Å². The van der Waals surface area contributed by atoms with Crippen LogP contribution in [0.3, 0.4) is 0 Å². The minimum atomic E-state index is -0.0668. The minimum absolute atomic E-state index is 0.0668. The molecule has 1 aromatic carbocycles. The molecule has 0 aliphatic carbocycles. The van der Waals surface area contributed by atoms with Crippen LogP contribution in [0.5, 0.6) is 0 Å². The third-order valence-corrected chi connectivity index (χ3v) is 4.86. The molecule has 6 nitrogen and oxygen atoms in total. The van der Waals surface area contributed by atoms with Crippen LogP contribution < -0.4 is 5.32 Å². The van der Waals surface area contributed by atoms with Gasteiger partial charge in [-0.3, -0.25) is 4.79 Å². The SMILES string of the molecule is Cc1occc1-c1nnc(SCCC(=O)Nc2cccc(Cl)c2)n1C. The molecule has 0 spiro atoms. The normalized spacial score (nSPS) is 10.8. The number of carbonyl (C=O) groups is 1. The Hall–Kier alpha value is -2.25. The molecule has 25 heavy (non-hydrogen) atoms. The zero-order chi connectivity index (χ0) is 17.8. The van der Waals surface area contributed by atoms with E-state index in [-0.39, 0.29) is 5.91 Å². The molecule has 1 amide bonds. The van der Waals surface area contributed by atoms with Gasteiger partial charge in [0.1, 0.15) is 5.76 Å². The molecule has 2 aromatic heterocycles. The Morgan fingerprint density at radius 3 is 2.92 bits per heavy atom. The molecule has 130 valence electrons. The minimum Gasteiger partial charge on any atom is -0.469 e. The molecular weight excluding hydrogens is 360 g/mol. The third-order valence-electron chi connectivity index (χ3n) is 3.60. The molecular formula is C17H17ClN4O2S. The predicted molar refractivity (Wildman–Crippen MR) is 98.9 cm³/mol. The van der Waals surface area contributed by atoms with Gasteiger partial charge in [0.15, 0.2) is 11.0 Å². The van der Waals surface area contributed by atoms with Crippen molar-refractivity contribution in [3.05, 3.63) is 47.4 Å². The number of rotatable bonds is 6. The Morgan fingerprint density at radius 1 is 1.36 bits per heavy atom. The molecule has 0 saturated carbocycles. The van der Waals surface area contributed by atoms with Crippen molar-refractivity contribution in [3.63, 3.8) is 0 Å². The van der Waals surface area contributed by atoms with Crippen molar-refractivity contribution in [3.8, 4) is 11.4 Å². The lowest BCUT2D eigenvalue weighted by Crippen LogP contribution is -2.12. The first-order valence-electron chi connectivity index (χ1n) is 7.66. The van der Waals surface area contributed by atoms with Crippen molar-refractivity contribution >= 4 is 35.0 Å². The maximum Gasteiger partial charge on any atom is 0.225 e. The molecule has 3 aromatic rings. The molecule has 3 rings (SSSR count). The number of aromatic nitrogens is 3. The van der Waals surface area contributed by atoms with Gasteiger partial charge in [-0.15, -0.1) is 10.2 Å². The van der Waals surface area contributed by atoms with Crippen LogP contribution in [0.4, 0.5) is 5.69 Å². The Balaban J connectivity index is 1.55. The number of aryl methyl sites for hydroxylation is 1. The fourth-order valence-electron chi connectivity index (χ4n) is 2.32. The highest BCUT2D eigenvalue weighted by Gasteiger charge is 2.15. The number of hydrogen-bond acceptors (Lipinski definition) is 5. The molecule has 0 aliphatic heterocycles. The third kappa shape index (κ3) is 4.24. The predicted octanol–water partition coefficient (Wildman–Crippen LogP) is 4.16. The Morgan fingerprint density at radius 2 is 2.20 bits per heavy atom. The molecule has 0 fully saturated rings. The van der Waals surface area contributed by atoms with Crippen LogP contribution >= 0.6 is 23.4 Å². The van der Waals surface area contributed by atoms with Crippen LogP contribution in [-0.2, 0) is 11.8 Å². The number of thioether (sulfide) groups is 1. The summed E-state index contributed by atoms with van der Waals surface area (Å²) >= 11 is 7.39. The maximum absolute atomic E-state index is 12.0. The first-order chi connectivity index (χ1) is 12.0. The Bertz CT molecular complexity index is 890. The number of nitrogens with zero attached hydrogens (tertiary/aromatic N) is 3. The van der Waals surface area contributed by atoms with Crippen molar-refractivity contribution in [2.45, 2.75) is 18.5 Å². The first kappa shape index (κ1) is 17.6. The molecule has 0 saturated heterocycles. The van der Waals surface area contributed by atoms with E-state index in [1.807, 2.05) is 24.6 Å². The van der Waals surface area contributed by atoms with Gasteiger partial charge < -0.3 is 14.3 Å². The number of halogens is 1. The van der Waals surface area contributed by atoms with Crippen LogP contribution in [0.25, 0.3) is 11.4 Å². The molecule has 0 bridgehead atoms. The molecule has 0 unspecified atom stereocenters. The van der Waals surface area contributed by atoms with Crippen molar-refractivity contribution in [2.75, 3.05) is 11.1 Å². The summed E-state index contributed by atoms with van der Waals surface area (Å²) in [6.07, 6.45) is 2.00. The lowest BCUT2D eigenvalue weighted by Gasteiger charge is -2.06. The Labute approximate surface area is 154 Å². The van der Waals surface area contributed by atoms with E-state index < -0.39 is 0 Å². The van der Waals surface area contributed by atoms with Crippen LogP contribution in [0.15, 0.2) is 46.2 Å². The van der Waals surface area contributed by atoms with Crippen LogP contribution in [0.1, 0.15) is 12.2 Å². The second kappa shape index (κ2) is 7.76. The molecule has 8 heteroatoms. The summed E-state index contributed by atoms with van der Waals surface area (Å²) in [7, 11) is 1.90. The van der Waals surface area contributed by atoms with Gasteiger partial charge in [-0.05, 0) is 31.2 Å². The standard InChI is InChI=1S/C17H17ClN4O2S/c1-11-14(6-8-24-11)16-20-21-17(22(16)2)25-9-7-15(23)19-13-5-3-4-12(18)10-13/h3-6,8,10H,7,9H2,1-2H3,(H,19,23). The fourth-order valence-corrected chi connectivity index (χ4v) is 3.36. The van der Waals surface area contributed by atoms with E-state index in [0.717, 1.165) is 22.3 Å². The largest absolute Gasteiger partial charge is 0.469 e. The van der Waals surface area contributed by atoms with E-state index in [1.165, 1.54) is 11.8 Å². The smallest absolute Gasteiger partial charge is 0.225 e. The number of nitrogens with one attached hydrogen (secondary N) is 1. The number of anilines is 1. The topological polar surface area (TPSA) is 72.9 Å². The summed E-state index contributed by atoms with van der Waals surface area (Å²) in [5.41, 5.74) is 1.61.